The number of benzene rings is 2. The molecule has 0 atom stereocenters. The van der Waals surface area contributed by atoms with E-state index in [1.54, 1.807) is 10.4 Å². The molecule has 0 N–H and O–H groups in total. The summed E-state index contributed by atoms with van der Waals surface area (Å²) in [5.74, 6) is 0. The predicted molar refractivity (Wildman–Crippen MR) is 198 cm³/mol. The highest BCUT2D eigenvalue weighted by Gasteiger charge is 2.54. The first-order valence-corrected chi connectivity index (χ1v) is 23.2. The summed E-state index contributed by atoms with van der Waals surface area (Å²) in [7, 11) is -6.40. The number of hydrogen-bond donors (Lipinski definition) is 0. The molecule has 0 aliphatic carbocycles. The van der Waals surface area contributed by atoms with E-state index in [4.69, 9.17) is 0 Å². The third kappa shape index (κ3) is 4.35. The second-order valence-electron chi connectivity index (χ2n) is 15.2. The Bertz CT molecular complexity index is 1380. The lowest BCUT2D eigenvalue weighted by atomic mass is 10.2. The molecule has 0 spiro atoms. The van der Waals surface area contributed by atoms with E-state index in [-0.39, 0.29) is 0 Å². The maximum Gasteiger partial charge on any atom is 0.184 e. The minimum absolute atomic E-state index is 0.650. The monoisotopic (exact) mass is 624 g/mol. The van der Waals surface area contributed by atoms with Gasteiger partial charge in [0.15, 0.2) is 24.5 Å². The van der Waals surface area contributed by atoms with Gasteiger partial charge in [-0.3, -0.25) is 0 Å². The number of aromatic nitrogens is 2. The molecule has 0 saturated heterocycles. The number of hydrogen-bond acceptors (Lipinski definition) is 0. The lowest BCUT2D eigenvalue weighted by Crippen LogP contribution is -2.73. The molecule has 2 nitrogen and oxygen atoms in total. The zero-order valence-electron chi connectivity index (χ0n) is 28.9. The van der Waals surface area contributed by atoms with E-state index in [9.17, 15) is 0 Å². The van der Waals surface area contributed by atoms with Crippen LogP contribution in [0.25, 0.3) is 11.1 Å². The predicted octanol–water partition coefficient (Wildman–Crippen LogP) is 8.69. The van der Waals surface area contributed by atoms with Crippen molar-refractivity contribution in [2.45, 2.75) is 116 Å². The van der Waals surface area contributed by atoms with Gasteiger partial charge in [0.25, 0.3) is 0 Å². The van der Waals surface area contributed by atoms with Crippen LogP contribution in [0, 0.1) is 0 Å². The van der Waals surface area contributed by atoms with Gasteiger partial charge in [-0.25, -0.2) is 0 Å². The normalized spacial score (nSPS) is 15.0. The molecular weight excluding hydrogens is 569 g/mol. The number of nitrogens with zero attached hydrogens (tertiary/aromatic N) is 2. The zero-order valence-corrected chi connectivity index (χ0v) is 31.9. The maximum atomic E-state index is 2.82. The van der Waals surface area contributed by atoms with Crippen LogP contribution in [0.4, 0.5) is 0 Å². The van der Waals surface area contributed by atoms with Gasteiger partial charge >= 0.3 is 0 Å². The van der Waals surface area contributed by atoms with Crippen LogP contribution in [-0.4, -0.2) is 33.0 Å². The van der Waals surface area contributed by atoms with Crippen LogP contribution in [0.1, 0.15) is 83.1 Å². The van der Waals surface area contributed by atoms with Crippen molar-refractivity contribution >= 4 is 45.3 Å². The topological polar surface area (TPSA) is 9.86 Å². The first kappa shape index (κ1) is 32.1. The van der Waals surface area contributed by atoms with Gasteiger partial charge in [-0.2, -0.15) is 0 Å². The Hall–Kier alpha value is -2.35. The van der Waals surface area contributed by atoms with Crippen molar-refractivity contribution in [2.75, 3.05) is 0 Å². The maximum absolute atomic E-state index is 2.82. The lowest BCUT2D eigenvalue weighted by Gasteiger charge is -2.44. The van der Waals surface area contributed by atoms with Crippen LogP contribution >= 0.6 is 0 Å². The molecule has 3 heterocycles. The van der Waals surface area contributed by atoms with E-state index in [1.165, 1.54) is 21.5 Å². The molecule has 0 fully saturated rings. The van der Waals surface area contributed by atoms with Crippen molar-refractivity contribution < 1.29 is 0 Å². The third-order valence-corrected chi connectivity index (χ3v) is 29.8. The van der Waals surface area contributed by atoms with Gasteiger partial charge in [0.05, 0.1) is 0 Å². The molecule has 0 radical (unpaired) electrons. The summed E-state index contributed by atoms with van der Waals surface area (Å²) in [5, 5.41) is 6.22. The fraction of sp³-hybridized carbons (Fsp3) is 0.474. The molecule has 0 saturated carbocycles. The molecule has 2 aromatic carbocycles. The van der Waals surface area contributed by atoms with Gasteiger partial charge in [-0.15, -0.1) is 0 Å². The second kappa shape index (κ2) is 11.5. The van der Waals surface area contributed by atoms with Gasteiger partial charge in [0, 0.05) is 23.5 Å². The highest BCUT2D eigenvalue weighted by atomic mass is 28.3. The molecule has 1 aliphatic heterocycles. The molecule has 230 valence electrons. The lowest BCUT2D eigenvalue weighted by molar-refractivity contribution is 0.765. The Morgan fingerprint density at radius 3 is 0.953 bits per heavy atom. The largest absolute Gasteiger partial charge is 0.379 e. The van der Waals surface area contributed by atoms with Gasteiger partial charge in [0.2, 0.25) is 0 Å². The summed E-state index contributed by atoms with van der Waals surface area (Å²) in [6.07, 6.45) is 10.6. The summed E-state index contributed by atoms with van der Waals surface area (Å²) in [4.78, 5) is 0. The molecule has 5 rings (SSSR count). The quantitative estimate of drug-likeness (QED) is 0.138. The van der Waals surface area contributed by atoms with Gasteiger partial charge < -0.3 is 8.47 Å². The van der Waals surface area contributed by atoms with Crippen molar-refractivity contribution in [2.24, 2.45) is 0 Å². The Morgan fingerprint density at radius 2 is 0.698 bits per heavy atom. The fourth-order valence-corrected chi connectivity index (χ4v) is 28.9. The van der Waals surface area contributed by atoms with Crippen LogP contribution in [0.3, 0.4) is 0 Å². The number of rotatable bonds is 10. The van der Waals surface area contributed by atoms with Crippen molar-refractivity contribution in [1.82, 2.24) is 8.47 Å². The Balaban J connectivity index is 1.95. The molecule has 5 heteroatoms. The molecule has 0 unspecified atom stereocenters. The van der Waals surface area contributed by atoms with E-state index in [1.807, 2.05) is 0 Å². The highest BCUT2D eigenvalue weighted by Crippen LogP contribution is 2.46. The van der Waals surface area contributed by atoms with Crippen LogP contribution in [0.2, 0.25) is 33.2 Å². The third-order valence-electron chi connectivity index (χ3n) is 11.6. The fourth-order valence-electron chi connectivity index (χ4n) is 10.5. The molecule has 43 heavy (non-hydrogen) atoms. The SMILES string of the molecule is CC(C)[Si](C(C)C)(C(C)C)n1cc2c(c1)[Si](c1ccccc1)(c1ccccc1)c1cn([Si](C(C)C)(C(C)C)C(C)C)cc1-2. The Labute approximate surface area is 265 Å². The van der Waals surface area contributed by atoms with Crippen LogP contribution in [0.15, 0.2) is 85.5 Å². The molecule has 0 amide bonds. The van der Waals surface area contributed by atoms with Crippen molar-refractivity contribution in [1.29, 1.82) is 0 Å². The van der Waals surface area contributed by atoms with Crippen molar-refractivity contribution in [3.8, 4) is 11.1 Å². The first-order chi connectivity index (χ1) is 20.3. The van der Waals surface area contributed by atoms with Gasteiger partial charge in [-0.05, 0) is 66.4 Å². The standard InChI is InChI=1S/C38H56N2Si3/c1-27(2)42(28(3)4,29(5)6)39-23-35-36-24-40(43(30(7)8,31(9)10)32(11)12)26-38(36)41(37(35)25-39,33-19-15-13-16-20-33)34-21-17-14-18-22-34/h13-32H,1-12H3. The van der Waals surface area contributed by atoms with E-state index >= 15 is 0 Å². The van der Waals surface area contributed by atoms with Crippen LogP contribution in [-0.2, 0) is 0 Å². The first-order valence-electron chi connectivity index (χ1n) is 16.9. The summed E-state index contributed by atoms with van der Waals surface area (Å²) in [6, 6.07) is 23.2. The molecular formula is C38H56N2Si3. The molecule has 0 bridgehead atoms. The molecule has 1 aliphatic rings. The summed E-state index contributed by atoms with van der Waals surface area (Å²) < 4.78 is 5.65. The number of fused-ring (bicyclic) bond motifs is 3. The zero-order chi connectivity index (χ0) is 31.5. The van der Waals surface area contributed by atoms with E-state index in [0.29, 0.717) is 33.2 Å². The summed E-state index contributed by atoms with van der Waals surface area (Å²) in [5.41, 5.74) is 6.91. The minimum atomic E-state index is -2.55. The van der Waals surface area contributed by atoms with Gasteiger partial charge in [-0.1, -0.05) is 144 Å². The summed E-state index contributed by atoms with van der Waals surface area (Å²) in [6.45, 7) is 29.9. The van der Waals surface area contributed by atoms with E-state index in [0.717, 1.165) is 0 Å². The van der Waals surface area contributed by atoms with Crippen LogP contribution in [0.5, 0.6) is 0 Å². The van der Waals surface area contributed by atoms with E-state index in [2.05, 4.69) is 177 Å². The van der Waals surface area contributed by atoms with Gasteiger partial charge in [0.1, 0.15) is 0 Å². The second-order valence-corrected chi connectivity index (χ2v) is 30.4. The minimum Gasteiger partial charge on any atom is -0.379 e. The Kier molecular flexibility index (Phi) is 8.60. The summed E-state index contributed by atoms with van der Waals surface area (Å²) >= 11 is 0. The Morgan fingerprint density at radius 1 is 0.419 bits per heavy atom. The molecule has 4 aromatic rings. The van der Waals surface area contributed by atoms with Crippen molar-refractivity contribution in [3.05, 3.63) is 85.5 Å². The van der Waals surface area contributed by atoms with E-state index < -0.39 is 24.5 Å². The molecule has 2 aromatic heterocycles. The highest BCUT2D eigenvalue weighted by molar-refractivity contribution is 7.22. The average Bonchev–Trinajstić information content (AvgIpc) is 3.61. The van der Waals surface area contributed by atoms with Crippen molar-refractivity contribution in [3.63, 3.8) is 0 Å². The average molecular weight is 625 g/mol. The van der Waals surface area contributed by atoms with Crippen LogP contribution < -0.4 is 20.7 Å². The smallest absolute Gasteiger partial charge is 0.184 e.